The molecule has 1 aliphatic heterocycles. The number of hydrogen-bond donors (Lipinski definition) is 0. The van der Waals surface area contributed by atoms with E-state index in [2.05, 4.69) is 10.3 Å². The molecule has 0 saturated carbocycles. The maximum atomic E-state index is 11.8. The molecule has 0 saturated heterocycles. The Labute approximate surface area is 137 Å². The third kappa shape index (κ3) is 3.48. The van der Waals surface area contributed by atoms with Crippen LogP contribution in [0.15, 0.2) is 36.4 Å². The van der Waals surface area contributed by atoms with Crippen molar-refractivity contribution in [1.29, 1.82) is 0 Å². The Kier molecular flexibility index (Phi) is 4.64. The molecule has 1 aliphatic rings. The zero-order chi connectivity index (χ0) is 16.9. The molecule has 124 valence electrons. The van der Waals surface area contributed by atoms with Crippen LogP contribution in [0, 0.1) is 0 Å². The Balaban J connectivity index is 1.39. The number of hydrogen-bond acceptors (Lipinski definition) is 6. The van der Waals surface area contributed by atoms with Gasteiger partial charge in [0.25, 0.3) is 11.8 Å². The minimum absolute atomic E-state index is 0.230. The molecule has 0 spiro atoms. The van der Waals surface area contributed by atoms with Crippen LogP contribution in [0.2, 0.25) is 0 Å². The quantitative estimate of drug-likeness (QED) is 0.425. The number of para-hydroxylation sites is 1. The zero-order valence-corrected chi connectivity index (χ0v) is 12.9. The molecule has 0 bridgehead atoms. The number of imide groups is 1. The van der Waals surface area contributed by atoms with Crippen LogP contribution in [0.25, 0.3) is 11.0 Å². The number of fused-ring (bicyclic) bond motifs is 1. The van der Waals surface area contributed by atoms with E-state index in [1.54, 1.807) is 12.1 Å². The van der Waals surface area contributed by atoms with Crippen LogP contribution in [0.4, 0.5) is 0 Å². The van der Waals surface area contributed by atoms with Crippen molar-refractivity contribution in [2.75, 3.05) is 6.54 Å². The third-order valence-corrected chi connectivity index (χ3v) is 3.67. The lowest BCUT2D eigenvalue weighted by Gasteiger charge is -2.12. The number of rotatable bonds is 7. The molecule has 0 atom stereocenters. The fourth-order valence-electron chi connectivity index (χ4n) is 2.42. The highest BCUT2D eigenvalue weighted by atomic mass is 16.7. The highest BCUT2D eigenvalue weighted by Gasteiger charge is 2.22. The fraction of sp³-hybridized carbons (Fsp3) is 0.312. The van der Waals surface area contributed by atoms with Crippen LogP contribution in [-0.4, -0.2) is 44.4 Å². The first-order valence-corrected chi connectivity index (χ1v) is 7.70. The average Bonchev–Trinajstić information content (AvgIpc) is 3.12. The van der Waals surface area contributed by atoms with E-state index in [0.717, 1.165) is 4.85 Å². The summed E-state index contributed by atoms with van der Waals surface area (Å²) in [6.45, 7) is 0.368. The second kappa shape index (κ2) is 7.03. The maximum absolute atomic E-state index is 11.8. The van der Waals surface area contributed by atoms with Gasteiger partial charge in [-0.25, -0.2) is 4.79 Å². The molecule has 3 rings (SSSR count). The fourth-order valence-corrected chi connectivity index (χ4v) is 2.42. The lowest BCUT2D eigenvalue weighted by atomic mass is 10.2. The molecule has 24 heavy (non-hydrogen) atoms. The van der Waals surface area contributed by atoms with Crippen LogP contribution >= 0.6 is 0 Å². The first kappa shape index (κ1) is 15.9. The Morgan fingerprint density at radius 2 is 1.79 bits per heavy atom. The van der Waals surface area contributed by atoms with Gasteiger partial charge in [-0.2, -0.15) is 0 Å². The average molecular weight is 328 g/mol. The molecular weight excluding hydrogens is 312 g/mol. The Morgan fingerprint density at radius 1 is 1.04 bits per heavy atom. The summed E-state index contributed by atoms with van der Waals surface area (Å²) in [4.78, 5) is 42.0. The summed E-state index contributed by atoms with van der Waals surface area (Å²) in [5, 5.41) is 7.68. The lowest BCUT2D eigenvalue weighted by molar-refractivity contribution is -0.145. The Hall–Kier alpha value is -3.03. The lowest BCUT2D eigenvalue weighted by Crippen LogP contribution is -2.30. The molecule has 0 aliphatic carbocycles. The first-order valence-electron chi connectivity index (χ1n) is 7.70. The van der Waals surface area contributed by atoms with Crippen LogP contribution < -0.4 is 4.84 Å². The van der Waals surface area contributed by atoms with Gasteiger partial charge in [0, 0.05) is 25.1 Å². The van der Waals surface area contributed by atoms with Gasteiger partial charge in [0.15, 0.2) is 0 Å². The number of carbonyl (C=O) groups excluding carboxylic acids is 3. The van der Waals surface area contributed by atoms with E-state index in [4.69, 9.17) is 4.84 Å². The van der Waals surface area contributed by atoms with Gasteiger partial charge in [-0.05, 0) is 30.2 Å². The predicted octanol–water partition coefficient (Wildman–Crippen LogP) is 0.872. The summed E-state index contributed by atoms with van der Waals surface area (Å²) in [5.41, 5.74) is 1.28. The molecule has 8 heteroatoms. The molecule has 8 nitrogen and oxygen atoms in total. The minimum Gasteiger partial charge on any atom is -0.317 e. The smallest absolute Gasteiger partial charge is 0.317 e. The Morgan fingerprint density at radius 3 is 2.58 bits per heavy atom. The number of benzene rings is 1. The molecule has 2 heterocycles. The SMILES string of the molecule is O=C(CCCCCN1C(=O)C=CC1=O)On1nnc2ccccc21. The summed E-state index contributed by atoms with van der Waals surface area (Å²) in [7, 11) is 0. The largest absolute Gasteiger partial charge is 0.335 e. The predicted molar refractivity (Wildman–Crippen MR) is 83.4 cm³/mol. The maximum Gasteiger partial charge on any atom is 0.335 e. The molecule has 1 aromatic heterocycles. The number of nitrogens with zero attached hydrogens (tertiary/aromatic N) is 4. The van der Waals surface area contributed by atoms with Crippen molar-refractivity contribution in [3.8, 4) is 0 Å². The van der Waals surface area contributed by atoms with Crippen molar-refractivity contribution in [3.05, 3.63) is 36.4 Å². The number of aromatic nitrogens is 3. The molecule has 0 fully saturated rings. The van der Waals surface area contributed by atoms with E-state index in [0.29, 0.717) is 36.8 Å². The van der Waals surface area contributed by atoms with E-state index in [9.17, 15) is 14.4 Å². The van der Waals surface area contributed by atoms with Gasteiger partial charge in [0.1, 0.15) is 11.0 Å². The molecular formula is C16H16N4O4. The van der Waals surface area contributed by atoms with Crippen LogP contribution in [0.3, 0.4) is 0 Å². The van der Waals surface area contributed by atoms with Crippen LogP contribution in [0.1, 0.15) is 25.7 Å². The summed E-state index contributed by atoms with van der Waals surface area (Å²) >= 11 is 0. The van der Waals surface area contributed by atoms with Crippen molar-refractivity contribution in [2.24, 2.45) is 0 Å². The Bertz CT molecular complexity index is 793. The second-order valence-corrected chi connectivity index (χ2v) is 5.39. The van der Waals surface area contributed by atoms with Gasteiger partial charge >= 0.3 is 5.97 Å². The van der Waals surface area contributed by atoms with E-state index < -0.39 is 5.97 Å². The number of carbonyl (C=O) groups is 3. The topological polar surface area (TPSA) is 94.4 Å². The van der Waals surface area contributed by atoms with Gasteiger partial charge in [-0.15, -0.1) is 5.10 Å². The van der Waals surface area contributed by atoms with Crippen molar-refractivity contribution < 1.29 is 19.2 Å². The van der Waals surface area contributed by atoms with Crippen molar-refractivity contribution in [1.82, 2.24) is 20.1 Å². The van der Waals surface area contributed by atoms with Crippen LogP contribution in [-0.2, 0) is 14.4 Å². The molecule has 0 radical (unpaired) electrons. The van der Waals surface area contributed by atoms with Crippen molar-refractivity contribution in [3.63, 3.8) is 0 Å². The normalized spacial score (nSPS) is 13.9. The van der Waals surface area contributed by atoms with Gasteiger partial charge in [0.2, 0.25) is 0 Å². The van der Waals surface area contributed by atoms with E-state index in [1.807, 2.05) is 12.1 Å². The standard InChI is InChI=1S/C16H16N4O4/c21-14-9-10-15(22)19(14)11-5-1-2-8-16(23)24-20-13-7-4-3-6-12(13)17-18-20/h3-4,6-7,9-10H,1-2,5,8,11H2. The summed E-state index contributed by atoms with van der Waals surface area (Å²) in [6, 6.07) is 7.18. The van der Waals surface area contributed by atoms with Gasteiger partial charge in [-0.1, -0.05) is 23.4 Å². The van der Waals surface area contributed by atoms with E-state index in [1.165, 1.54) is 17.1 Å². The summed E-state index contributed by atoms with van der Waals surface area (Å²) in [6.07, 6.45) is 4.73. The zero-order valence-electron chi connectivity index (χ0n) is 12.9. The van der Waals surface area contributed by atoms with Crippen molar-refractivity contribution >= 4 is 28.8 Å². The van der Waals surface area contributed by atoms with Gasteiger partial charge in [0.05, 0.1) is 0 Å². The van der Waals surface area contributed by atoms with Gasteiger partial charge in [-0.3, -0.25) is 14.5 Å². The van der Waals surface area contributed by atoms with E-state index in [-0.39, 0.29) is 18.2 Å². The van der Waals surface area contributed by atoms with Crippen molar-refractivity contribution in [2.45, 2.75) is 25.7 Å². The van der Waals surface area contributed by atoms with Crippen LogP contribution in [0.5, 0.6) is 0 Å². The third-order valence-electron chi connectivity index (χ3n) is 3.67. The second-order valence-electron chi connectivity index (χ2n) is 5.39. The highest BCUT2D eigenvalue weighted by Crippen LogP contribution is 2.10. The summed E-state index contributed by atoms with van der Waals surface area (Å²) < 4.78 is 0. The minimum atomic E-state index is -0.402. The summed E-state index contributed by atoms with van der Waals surface area (Å²) in [5.74, 6) is -0.962. The van der Waals surface area contributed by atoms with Gasteiger partial charge < -0.3 is 4.84 Å². The molecule has 2 aromatic rings. The molecule has 1 aromatic carbocycles. The molecule has 0 unspecified atom stereocenters. The van der Waals surface area contributed by atoms with E-state index >= 15 is 0 Å². The first-order chi connectivity index (χ1) is 11.6. The number of unbranched alkanes of at least 4 members (excludes halogenated alkanes) is 2. The molecule has 0 N–H and O–H groups in total. The monoisotopic (exact) mass is 328 g/mol. The highest BCUT2D eigenvalue weighted by molar-refractivity contribution is 6.12. The number of amides is 2. The molecule has 2 amide bonds.